The molecule has 0 saturated carbocycles. The van der Waals surface area contributed by atoms with Gasteiger partial charge in [-0.15, -0.1) is 0 Å². The summed E-state index contributed by atoms with van der Waals surface area (Å²) in [5.41, 5.74) is 10.6. The first-order valence-electron chi connectivity index (χ1n) is 6.45. The van der Waals surface area contributed by atoms with Gasteiger partial charge in [-0.1, -0.05) is 30.3 Å². The molecule has 92 valence electrons. The maximum Gasteiger partial charge on any atom is 0.220 e. The molecule has 0 radical (unpaired) electrons. The first-order chi connectivity index (χ1) is 9.33. The maximum absolute atomic E-state index is 5.69. The fourth-order valence-corrected chi connectivity index (χ4v) is 2.99. The molecule has 1 heterocycles. The van der Waals surface area contributed by atoms with Crippen LogP contribution in [0.3, 0.4) is 0 Å². The van der Waals surface area contributed by atoms with Crippen molar-refractivity contribution in [2.45, 2.75) is 12.8 Å². The standard InChI is InChI=1S/C16H13N3/c17-16-18-9-8-14(19-16)12-7-6-11-5-4-10-2-1-3-13(12)15(10)11/h1-3,6-9H,4-5H2,(H2,17,18,19). The Hall–Kier alpha value is -2.42. The molecule has 0 unspecified atom stereocenters. The van der Waals surface area contributed by atoms with Gasteiger partial charge in [-0.2, -0.15) is 0 Å². The van der Waals surface area contributed by atoms with Crippen molar-refractivity contribution in [1.29, 1.82) is 0 Å². The predicted octanol–water partition coefficient (Wildman–Crippen LogP) is 2.98. The Bertz CT molecular complexity index is 783. The van der Waals surface area contributed by atoms with E-state index in [9.17, 15) is 0 Å². The topological polar surface area (TPSA) is 51.8 Å². The number of nitrogen functional groups attached to an aromatic ring is 1. The highest BCUT2D eigenvalue weighted by atomic mass is 15.0. The average Bonchev–Trinajstić information content (AvgIpc) is 2.85. The molecule has 1 aromatic heterocycles. The molecule has 1 aliphatic carbocycles. The number of benzene rings is 2. The molecule has 0 fully saturated rings. The summed E-state index contributed by atoms with van der Waals surface area (Å²) in [5, 5.41) is 2.67. The molecule has 1 aliphatic rings. The summed E-state index contributed by atoms with van der Waals surface area (Å²) in [5.74, 6) is 0.320. The number of nitrogens with two attached hydrogens (primary N) is 1. The third-order valence-electron chi connectivity index (χ3n) is 3.83. The minimum atomic E-state index is 0.320. The van der Waals surface area contributed by atoms with Gasteiger partial charge in [0.15, 0.2) is 0 Å². The van der Waals surface area contributed by atoms with Crippen LogP contribution in [0.1, 0.15) is 11.1 Å². The van der Waals surface area contributed by atoms with E-state index in [2.05, 4.69) is 40.3 Å². The largest absolute Gasteiger partial charge is 0.368 e. The molecule has 0 spiro atoms. The molecule has 0 saturated heterocycles. The molecule has 2 N–H and O–H groups in total. The first kappa shape index (κ1) is 10.5. The number of hydrogen-bond donors (Lipinski definition) is 1. The van der Waals surface area contributed by atoms with Gasteiger partial charge in [-0.3, -0.25) is 0 Å². The molecule has 3 nitrogen and oxygen atoms in total. The summed E-state index contributed by atoms with van der Waals surface area (Å²) in [7, 11) is 0. The highest BCUT2D eigenvalue weighted by molar-refractivity contribution is 6.00. The van der Waals surface area contributed by atoms with Crippen molar-refractivity contribution in [3.8, 4) is 11.3 Å². The predicted molar refractivity (Wildman–Crippen MR) is 76.8 cm³/mol. The number of anilines is 1. The van der Waals surface area contributed by atoms with Crippen LogP contribution in [0.5, 0.6) is 0 Å². The zero-order chi connectivity index (χ0) is 12.8. The van der Waals surface area contributed by atoms with Crippen LogP contribution in [0.15, 0.2) is 42.6 Å². The summed E-state index contributed by atoms with van der Waals surface area (Å²) in [6.45, 7) is 0. The maximum atomic E-state index is 5.69. The summed E-state index contributed by atoms with van der Waals surface area (Å²) in [6.07, 6.45) is 3.99. The number of aromatic nitrogens is 2. The van der Waals surface area contributed by atoms with E-state index in [1.165, 1.54) is 21.9 Å². The van der Waals surface area contributed by atoms with Crippen molar-refractivity contribution in [2.75, 3.05) is 5.73 Å². The number of nitrogens with zero attached hydrogens (tertiary/aromatic N) is 2. The van der Waals surface area contributed by atoms with Crippen molar-refractivity contribution in [2.24, 2.45) is 0 Å². The van der Waals surface area contributed by atoms with Crippen molar-refractivity contribution in [3.63, 3.8) is 0 Å². The monoisotopic (exact) mass is 247 g/mol. The minimum Gasteiger partial charge on any atom is -0.368 e. The van der Waals surface area contributed by atoms with Crippen molar-refractivity contribution in [1.82, 2.24) is 9.97 Å². The van der Waals surface area contributed by atoms with E-state index in [0.29, 0.717) is 5.95 Å². The first-order valence-corrected chi connectivity index (χ1v) is 6.45. The van der Waals surface area contributed by atoms with Gasteiger partial charge < -0.3 is 5.73 Å². The molecule has 0 atom stereocenters. The lowest BCUT2D eigenvalue weighted by Crippen LogP contribution is -1.95. The molecule has 0 bridgehead atoms. The number of aryl methyl sites for hydroxylation is 2. The van der Waals surface area contributed by atoms with Gasteiger partial charge in [-0.05, 0) is 40.8 Å². The Kier molecular flexibility index (Phi) is 2.09. The smallest absolute Gasteiger partial charge is 0.220 e. The third-order valence-corrected chi connectivity index (χ3v) is 3.83. The summed E-state index contributed by atoms with van der Waals surface area (Å²) < 4.78 is 0. The second-order valence-electron chi connectivity index (χ2n) is 4.91. The Morgan fingerprint density at radius 2 is 1.79 bits per heavy atom. The molecular formula is C16H13N3. The number of rotatable bonds is 1. The molecule has 19 heavy (non-hydrogen) atoms. The van der Waals surface area contributed by atoms with E-state index in [4.69, 9.17) is 5.73 Å². The molecule has 3 heteroatoms. The minimum absolute atomic E-state index is 0.320. The second-order valence-corrected chi connectivity index (χ2v) is 4.91. The summed E-state index contributed by atoms with van der Waals surface area (Å²) in [6, 6.07) is 12.8. The van der Waals surface area contributed by atoms with Gasteiger partial charge in [0.1, 0.15) is 0 Å². The van der Waals surface area contributed by atoms with Gasteiger partial charge in [-0.25, -0.2) is 9.97 Å². The Balaban J connectivity index is 2.07. The Labute approximate surface area is 111 Å². The lowest BCUT2D eigenvalue weighted by atomic mass is 9.98. The van der Waals surface area contributed by atoms with Crippen LogP contribution >= 0.6 is 0 Å². The highest BCUT2D eigenvalue weighted by Gasteiger charge is 2.16. The lowest BCUT2D eigenvalue weighted by Gasteiger charge is -2.08. The van der Waals surface area contributed by atoms with Crippen molar-refractivity contribution >= 4 is 16.7 Å². The van der Waals surface area contributed by atoms with Crippen LogP contribution in [0.2, 0.25) is 0 Å². The molecule has 4 rings (SSSR count). The van der Waals surface area contributed by atoms with Gasteiger partial charge in [0, 0.05) is 11.8 Å². The zero-order valence-corrected chi connectivity index (χ0v) is 10.4. The fourth-order valence-electron chi connectivity index (χ4n) is 2.99. The van der Waals surface area contributed by atoms with Crippen molar-refractivity contribution < 1.29 is 0 Å². The fraction of sp³-hybridized carbons (Fsp3) is 0.125. The summed E-state index contributed by atoms with van der Waals surface area (Å²) in [4.78, 5) is 8.30. The van der Waals surface area contributed by atoms with Crippen molar-refractivity contribution in [3.05, 3.63) is 53.7 Å². The van der Waals surface area contributed by atoms with Gasteiger partial charge in [0.05, 0.1) is 5.69 Å². The molecule has 3 aromatic rings. The molecule has 2 aromatic carbocycles. The molecule has 0 amide bonds. The quantitative estimate of drug-likeness (QED) is 0.719. The van der Waals surface area contributed by atoms with E-state index >= 15 is 0 Å². The molecule has 0 aliphatic heterocycles. The highest BCUT2D eigenvalue weighted by Crippen LogP contribution is 2.36. The number of hydrogen-bond acceptors (Lipinski definition) is 3. The Morgan fingerprint density at radius 1 is 0.947 bits per heavy atom. The zero-order valence-electron chi connectivity index (χ0n) is 10.4. The van der Waals surface area contributed by atoms with Crippen LogP contribution in [0.4, 0.5) is 5.95 Å². The Morgan fingerprint density at radius 3 is 2.63 bits per heavy atom. The van der Waals surface area contributed by atoms with E-state index in [0.717, 1.165) is 24.1 Å². The SMILES string of the molecule is Nc1nccc(-c2ccc3c4c(cccc24)CC3)n1. The van der Waals surface area contributed by atoms with Gasteiger partial charge >= 0.3 is 0 Å². The van der Waals surface area contributed by atoms with Crippen LogP contribution in [-0.4, -0.2) is 9.97 Å². The average molecular weight is 247 g/mol. The summed E-state index contributed by atoms with van der Waals surface area (Å²) >= 11 is 0. The lowest BCUT2D eigenvalue weighted by molar-refractivity contribution is 1.02. The van der Waals surface area contributed by atoms with Crippen LogP contribution < -0.4 is 5.73 Å². The van der Waals surface area contributed by atoms with E-state index in [-0.39, 0.29) is 0 Å². The second kappa shape index (κ2) is 3.79. The molecular weight excluding hydrogens is 234 g/mol. The van der Waals surface area contributed by atoms with E-state index in [1.54, 1.807) is 6.20 Å². The van der Waals surface area contributed by atoms with Crippen LogP contribution in [-0.2, 0) is 12.8 Å². The normalized spacial score (nSPS) is 13.1. The van der Waals surface area contributed by atoms with Gasteiger partial charge in [0.25, 0.3) is 0 Å². The van der Waals surface area contributed by atoms with Crippen LogP contribution in [0.25, 0.3) is 22.0 Å². The van der Waals surface area contributed by atoms with E-state index < -0.39 is 0 Å². The van der Waals surface area contributed by atoms with Crippen LogP contribution in [0, 0.1) is 0 Å². The van der Waals surface area contributed by atoms with E-state index in [1.807, 2.05) is 6.07 Å². The van der Waals surface area contributed by atoms with Gasteiger partial charge in [0.2, 0.25) is 5.95 Å². The third kappa shape index (κ3) is 1.51.